The van der Waals surface area contributed by atoms with Gasteiger partial charge in [-0.15, -0.1) is 0 Å². The van der Waals surface area contributed by atoms with E-state index in [2.05, 4.69) is 5.32 Å². The second-order valence-electron chi connectivity index (χ2n) is 4.28. The standard InChI is InChI=1S/C14H11ClN4O2/c15-11-5-9(6-16)1-3-12(11)18-13(20)8-19-7-10(17)2-4-14(19)21/h1-5,7H,8,17H2,(H,18,20). The number of nitrogen functional groups attached to an aromatic ring is 1. The third kappa shape index (κ3) is 3.61. The number of nitrogens with one attached hydrogen (secondary N) is 1. The highest BCUT2D eigenvalue weighted by atomic mass is 35.5. The molecule has 0 spiro atoms. The Morgan fingerprint density at radius 2 is 2.14 bits per heavy atom. The number of pyridine rings is 1. The van der Waals surface area contributed by atoms with Crippen molar-refractivity contribution in [2.75, 3.05) is 11.1 Å². The van der Waals surface area contributed by atoms with Crippen LogP contribution in [0.3, 0.4) is 0 Å². The van der Waals surface area contributed by atoms with Crippen LogP contribution >= 0.6 is 11.6 Å². The highest BCUT2D eigenvalue weighted by Crippen LogP contribution is 2.22. The van der Waals surface area contributed by atoms with Crippen molar-refractivity contribution in [2.24, 2.45) is 0 Å². The van der Waals surface area contributed by atoms with Gasteiger partial charge in [0.1, 0.15) is 6.54 Å². The van der Waals surface area contributed by atoms with E-state index < -0.39 is 5.91 Å². The summed E-state index contributed by atoms with van der Waals surface area (Å²) in [5.41, 5.74) is 6.39. The molecule has 0 aliphatic heterocycles. The smallest absolute Gasteiger partial charge is 0.251 e. The molecule has 21 heavy (non-hydrogen) atoms. The lowest BCUT2D eigenvalue weighted by Gasteiger charge is -2.09. The minimum Gasteiger partial charge on any atom is -0.398 e. The Morgan fingerprint density at radius 3 is 2.81 bits per heavy atom. The van der Waals surface area contributed by atoms with Gasteiger partial charge >= 0.3 is 0 Å². The number of aromatic nitrogens is 1. The van der Waals surface area contributed by atoms with Gasteiger partial charge in [0.25, 0.3) is 5.56 Å². The maximum Gasteiger partial charge on any atom is 0.251 e. The van der Waals surface area contributed by atoms with Gasteiger partial charge in [-0.3, -0.25) is 9.59 Å². The summed E-state index contributed by atoms with van der Waals surface area (Å²) < 4.78 is 1.20. The van der Waals surface area contributed by atoms with E-state index in [1.165, 1.54) is 41.1 Å². The predicted octanol–water partition coefficient (Wildman–Crippen LogP) is 1.59. The van der Waals surface area contributed by atoms with Crippen LogP contribution in [0.4, 0.5) is 11.4 Å². The van der Waals surface area contributed by atoms with Crippen LogP contribution in [0.15, 0.2) is 41.3 Å². The zero-order chi connectivity index (χ0) is 15.4. The Balaban J connectivity index is 2.14. The quantitative estimate of drug-likeness (QED) is 0.899. The summed E-state index contributed by atoms with van der Waals surface area (Å²) in [5.74, 6) is -0.422. The molecule has 1 amide bonds. The van der Waals surface area contributed by atoms with Crippen molar-refractivity contribution in [3.8, 4) is 6.07 Å². The fraction of sp³-hybridized carbons (Fsp3) is 0.0714. The van der Waals surface area contributed by atoms with Gasteiger partial charge in [-0.1, -0.05) is 11.6 Å². The summed E-state index contributed by atoms with van der Waals surface area (Å²) in [6.07, 6.45) is 1.39. The molecular formula is C14H11ClN4O2. The van der Waals surface area contributed by atoms with Crippen LogP contribution in [-0.4, -0.2) is 10.5 Å². The molecule has 7 heteroatoms. The third-order valence-corrected chi connectivity index (χ3v) is 3.01. The fourth-order valence-electron chi connectivity index (χ4n) is 1.70. The molecule has 0 aliphatic rings. The van der Waals surface area contributed by atoms with E-state index >= 15 is 0 Å². The number of carbonyl (C=O) groups excluding carboxylic acids is 1. The normalized spacial score (nSPS) is 9.90. The van der Waals surface area contributed by atoms with Crippen LogP contribution in [0.1, 0.15) is 5.56 Å². The molecule has 0 bridgehead atoms. The number of nitrogens with two attached hydrogens (primary N) is 1. The minimum absolute atomic E-state index is 0.180. The highest BCUT2D eigenvalue weighted by molar-refractivity contribution is 6.33. The summed E-state index contributed by atoms with van der Waals surface area (Å²) in [4.78, 5) is 23.5. The van der Waals surface area contributed by atoms with Gasteiger partial charge in [-0.25, -0.2) is 0 Å². The zero-order valence-corrected chi connectivity index (χ0v) is 11.6. The molecule has 1 heterocycles. The number of benzene rings is 1. The Morgan fingerprint density at radius 1 is 1.38 bits per heavy atom. The highest BCUT2D eigenvalue weighted by Gasteiger charge is 2.08. The average Bonchev–Trinajstić information content (AvgIpc) is 2.45. The van der Waals surface area contributed by atoms with E-state index in [1.54, 1.807) is 0 Å². The van der Waals surface area contributed by atoms with E-state index in [9.17, 15) is 9.59 Å². The first kappa shape index (κ1) is 14.6. The number of anilines is 2. The van der Waals surface area contributed by atoms with Crippen molar-refractivity contribution >= 4 is 28.9 Å². The van der Waals surface area contributed by atoms with E-state index in [-0.39, 0.29) is 17.1 Å². The molecule has 0 atom stereocenters. The molecule has 0 radical (unpaired) electrons. The number of nitrogens with zero attached hydrogens (tertiary/aromatic N) is 2. The Hall–Kier alpha value is -2.78. The molecule has 0 aliphatic carbocycles. The van der Waals surface area contributed by atoms with Crippen LogP contribution in [0.2, 0.25) is 5.02 Å². The van der Waals surface area contributed by atoms with Gasteiger partial charge in [-0.05, 0) is 24.3 Å². The molecule has 3 N–H and O–H groups in total. The van der Waals surface area contributed by atoms with Gasteiger partial charge in [0.05, 0.1) is 22.3 Å². The Kier molecular flexibility index (Phi) is 4.26. The molecule has 0 unspecified atom stereocenters. The number of halogens is 1. The summed E-state index contributed by atoms with van der Waals surface area (Å²) in [6, 6.07) is 9.21. The SMILES string of the molecule is N#Cc1ccc(NC(=O)Cn2cc(N)ccc2=O)c(Cl)c1. The second-order valence-corrected chi connectivity index (χ2v) is 4.69. The van der Waals surface area contributed by atoms with Crippen molar-refractivity contribution in [3.05, 3.63) is 57.5 Å². The fourth-order valence-corrected chi connectivity index (χ4v) is 1.93. The summed E-state index contributed by atoms with van der Waals surface area (Å²) in [7, 11) is 0. The lowest BCUT2D eigenvalue weighted by molar-refractivity contribution is -0.116. The number of nitriles is 1. The first-order valence-electron chi connectivity index (χ1n) is 5.95. The average molecular weight is 303 g/mol. The predicted molar refractivity (Wildman–Crippen MR) is 79.9 cm³/mol. The van der Waals surface area contributed by atoms with Crippen molar-refractivity contribution in [3.63, 3.8) is 0 Å². The first-order chi connectivity index (χ1) is 9.99. The van der Waals surface area contributed by atoms with Crippen molar-refractivity contribution in [2.45, 2.75) is 6.54 Å². The molecule has 0 fully saturated rings. The Labute approximate surface area is 125 Å². The van der Waals surface area contributed by atoms with Crippen LogP contribution in [-0.2, 0) is 11.3 Å². The van der Waals surface area contributed by atoms with E-state index in [1.807, 2.05) is 6.07 Å². The van der Waals surface area contributed by atoms with Gasteiger partial charge in [0.15, 0.2) is 0 Å². The number of hydrogen-bond acceptors (Lipinski definition) is 4. The molecule has 0 saturated carbocycles. The van der Waals surface area contributed by atoms with Gasteiger partial charge in [0, 0.05) is 18.0 Å². The first-order valence-corrected chi connectivity index (χ1v) is 6.33. The van der Waals surface area contributed by atoms with Crippen LogP contribution in [0, 0.1) is 11.3 Å². The number of carbonyl (C=O) groups is 1. The Bertz CT molecular complexity index is 792. The number of amides is 1. The monoisotopic (exact) mass is 302 g/mol. The van der Waals surface area contributed by atoms with E-state index in [4.69, 9.17) is 22.6 Å². The topological polar surface area (TPSA) is 101 Å². The maximum atomic E-state index is 11.9. The summed E-state index contributed by atoms with van der Waals surface area (Å²) in [5, 5.41) is 11.6. The molecule has 0 saturated heterocycles. The van der Waals surface area contributed by atoms with Crippen molar-refractivity contribution in [1.82, 2.24) is 4.57 Å². The molecule has 6 nitrogen and oxygen atoms in total. The zero-order valence-electron chi connectivity index (χ0n) is 10.8. The molecule has 2 aromatic rings. The largest absolute Gasteiger partial charge is 0.398 e. The van der Waals surface area contributed by atoms with E-state index in [0.29, 0.717) is 16.9 Å². The maximum absolute atomic E-state index is 11.9. The van der Waals surface area contributed by atoms with Crippen LogP contribution < -0.4 is 16.6 Å². The molecule has 106 valence electrons. The van der Waals surface area contributed by atoms with Crippen molar-refractivity contribution in [1.29, 1.82) is 5.26 Å². The van der Waals surface area contributed by atoms with Gasteiger partial charge in [0.2, 0.25) is 5.91 Å². The second kappa shape index (κ2) is 6.11. The van der Waals surface area contributed by atoms with E-state index in [0.717, 1.165) is 0 Å². The number of hydrogen-bond donors (Lipinski definition) is 2. The van der Waals surface area contributed by atoms with Crippen LogP contribution in [0.25, 0.3) is 0 Å². The lowest BCUT2D eigenvalue weighted by Crippen LogP contribution is -2.27. The molecule has 1 aromatic heterocycles. The lowest BCUT2D eigenvalue weighted by atomic mass is 10.2. The van der Waals surface area contributed by atoms with Gasteiger partial charge < -0.3 is 15.6 Å². The van der Waals surface area contributed by atoms with Crippen LogP contribution in [0.5, 0.6) is 0 Å². The van der Waals surface area contributed by atoms with Gasteiger partial charge in [-0.2, -0.15) is 5.26 Å². The molecule has 2 rings (SSSR count). The molecular weight excluding hydrogens is 292 g/mol. The minimum atomic E-state index is -0.422. The van der Waals surface area contributed by atoms with Crippen molar-refractivity contribution < 1.29 is 4.79 Å². The summed E-state index contributed by atoms with van der Waals surface area (Å²) in [6.45, 7) is -0.180. The summed E-state index contributed by atoms with van der Waals surface area (Å²) >= 11 is 5.96. The third-order valence-electron chi connectivity index (χ3n) is 2.69. The molecule has 1 aromatic carbocycles. The number of rotatable bonds is 3.